The average molecular weight is 531 g/mol. The van der Waals surface area contributed by atoms with E-state index in [0.29, 0.717) is 51.7 Å². The molecule has 2 aliphatic rings. The minimum Gasteiger partial charge on any atom is -0.450 e. The number of hydrogen-bond acceptors (Lipinski definition) is 6. The van der Waals surface area contributed by atoms with Gasteiger partial charge in [0.1, 0.15) is 0 Å². The Balaban J connectivity index is 0.00000392. The highest BCUT2D eigenvalue weighted by atomic mass is 127. The molecule has 1 unspecified atom stereocenters. The molecule has 2 saturated heterocycles. The molecule has 10 nitrogen and oxygen atoms in total. The van der Waals surface area contributed by atoms with Gasteiger partial charge in [-0.05, 0) is 13.3 Å². The second-order valence-corrected chi connectivity index (χ2v) is 8.79. The number of ether oxygens (including phenoxy) is 1. The number of aliphatic imine (C=N–C) groups is 1. The lowest BCUT2D eigenvalue weighted by atomic mass is 10.2. The first-order chi connectivity index (χ1) is 12.8. The molecule has 2 N–H and O–H groups in total. The predicted octanol–water partition coefficient (Wildman–Crippen LogP) is -0.353. The highest BCUT2D eigenvalue weighted by molar-refractivity contribution is 14.0. The van der Waals surface area contributed by atoms with E-state index < -0.39 is 9.84 Å². The number of amides is 2. The summed E-state index contributed by atoms with van der Waals surface area (Å²) in [6.07, 6.45) is 0.414. The molecule has 2 amide bonds. The first-order valence-electron chi connectivity index (χ1n) is 9.21. The van der Waals surface area contributed by atoms with Gasteiger partial charge in [0.05, 0.1) is 18.1 Å². The number of nitrogens with zero attached hydrogens (tertiary/aromatic N) is 3. The lowest BCUT2D eigenvalue weighted by Gasteiger charge is -2.35. The third kappa shape index (κ3) is 7.60. The lowest BCUT2D eigenvalue weighted by molar-refractivity contribution is -0.121. The summed E-state index contributed by atoms with van der Waals surface area (Å²) in [6, 6.07) is -0.280. The van der Waals surface area contributed by atoms with E-state index >= 15 is 0 Å². The molecule has 0 radical (unpaired) electrons. The van der Waals surface area contributed by atoms with Crippen molar-refractivity contribution in [2.45, 2.75) is 25.8 Å². The summed E-state index contributed by atoms with van der Waals surface area (Å²) < 4.78 is 27.9. The van der Waals surface area contributed by atoms with Crippen LogP contribution in [0.4, 0.5) is 4.79 Å². The number of rotatable bonds is 5. The summed E-state index contributed by atoms with van der Waals surface area (Å²) in [7, 11) is -1.33. The molecule has 0 saturated carbocycles. The first kappa shape index (κ1) is 24.7. The number of nitrogens with one attached hydrogen (secondary N) is 2. The Morgan fingerprint density at radius 2 is 1.82 bits per heavy atom. The van der Waals surface area contributed by atoms with E-state index in [2.05, 4.69) is 15.6 Å². The van der Waals surface area contributed by atoms with Gasteiger partial charge in [-0.15, -0.1) is 24.0 Å². The lowest BCUT2D eigenvalue weighted by Crippen LogP contribution is -2.54. The maximum atomic E-state index is 12.0. The van der Waals surface area contributed by atoms with Crippen LogP contribution in [-0.4, -0.2) is 100 Å². The van der Waals surface area contributed by atoms with E-state index in [9.17, 15) is 18.0 Å². The molecule has 2 fully saturated rings. The SMILES string of the molecule is CCOC(=O)N1CCN(C(=NC)NCCC(=O)NC2CCS(=O)(=O)C2)CC1.I. The summed E-state index contributed by atoms with van der Waals surface area (Å²) in [6.45, 7) is 4.90. The Morgan fingerprint density at radius 3 is 2.36 bits per heavy atom. The fraction of sp³-hybridized carbons (Fsp3) is 0.812. The standard InChI is InChI=1S/C16H29N5O5S.HI/c1-3-26-16(23)21-9-7-20(8-10-21)15(17-2)18-6-4-14(22)19-13-5-11-27(24,25)12-13;/h13H,3-12H2,1-2H3,(H,17,18)(H,19,22);1H. The van der Waals surface area contributed by atoms with E-state index in [-0.39, 0.29) is 59.9 Å². The van der Waals surface area contributed by atoms with Gasteiger partial charge in [0.25, 0.3) is 0 Å². The third-order valence-electron chi connectivity index (χ3n) is 4.55. The molecule has 0 bridgehead atoms. The van der Waals surface area contributed by atoms with Crippen LogP contribution in [0, 0.1) is 0 Å². The predicted molar refractivity (Wildman–Crippen MR) is 117 cm³/mol. The summed E-state index contributed by atoms with van der Waals surface area (Å²) in [5, 5.41) is 5.91. The zero-order chi connectivity index (χ0) is 19.9. The topological polar surface area (TPSA) is 120 Å². The number of guanidine groups is 1. The molecular weight excluding hydrogens is 501 g/mol. The summed E-state index contributed by atoms with van der Waals surface area (Å²) in [5.74, 6) is 0.668. The van der Waals surface area contributed by atoms with Crippen molar-refractivity contribution in [2.75, 3.05) is 57.9 Å². The Labute approximate surface area is 183 Å². The van der Waals surface area contributed by atoms with Crippen molar-refractivity contribution in [3.63, 3.8) is 0 Å². The molecule has 0 aromatic carbocycles. The zero-order valence-corrected chi connectivity index (χ0v) is 19.5. The van der Waals surface area contributed by atoms with Crippen molar-refractivity contribution in [2.24, 2.45) is 4.99 Å². The van der Waals surface area contributed by atoms with Gasteiger partial charge in [-0.25, -0.2) is 13.2 Å². The summed E-state index contributed by atoms with van der Waals surface area (Å²) in [5.41, 5.74) is 0. The molecule has 0 aliphatic carbocycles. The first-order valence-corrected chi connectivity index (χ1v) is 11.0. The van der Waals surface area contributed by atoms with Gasteiger partial charge in [0.15, 0.2) is 15.8 Å². The van der Waals surface area contributed by atoms with Crippen LogP contribution >= 0.6 is 24.0 Å². The van der Waals surface area contributed by atoms with Gasteiger partial charge in [-0.2, -0.15) is 0 Å². The fourth-order valence-electron chi connectivity index (χ4n) is 3.14. The van der Waals surface area contributed by atoms with Crippen molar-refractivity contribution >= 4 is 51.8 Å². The van der Waals surface area contributed by atoms with Gasteiger partial charge in [0, 0.05) is 52.2 Å². The van der Waals surface area contributed by atoms with Gasteiger partial charge < -0.3 is 25.2 Å². The van der Waals surface area contributed by atoms with Crippen LogP contribution in [0.1, 0.15) is 19.8 Å². The van der Waals surface area contributed by atoms with Crippen LogP contribution in [0.25, 0.3) is 0 Å². The second kappa shape index (κ2) is 11.6. The van der Waals surface area contributed by atoms with Gasteiger partial charge in [-0.3, -0.25) is 9.79 Å². The molecule has 162 valence electrons. The molecule has 2 rings (SSSR count). The van der Waals surface area contributed by atoms with E-state index in [4.69, 9.17) is 4.74 Å². The molecule has 28 heavy (non-hydrogen) atoms. The number of carbonyl (C=O) groups is 2. The monoisotopic (exact) mass is 531 g/mol. The molecule has 1 atom stereocenters. The largest absolute Gasteiger partial charge is 0.450 e. The Kier molecular flexibility index (Phi) is 10.3. The van der Waals surface area contributed by atoms with Crippen LogP contribution in [0.3, 0.4) is 0 Å². The minimum absolute atomic E-state index is 0. The van der Waals surface area contributed by atoms with Gasteiger partial charge >= 0.3 is 6.09 Å². The minimum atomic E-state index is -3.00. The van der Waals surface area contributed by atoms with Gasteiger partial charge in [-0.1, -0.05) is 0 Å². The second-order valence-electron chi connectivity index (χ2n) is 6.56. The van der Waals surface area contributed by atoms with Crippen molar-refractivity contribution < 1.29 is 22.7 Å². The molecule has 2 heterocycles. The number of hydrogen-bond donors (Lipinski definition) is 2. The highest BCUT2D eigenvalue weighted by Crippen LogP contribution is 2.11. The van der Waals surface area contributed by atoms with Gasteiger partial charge in [0.2, 0.25) is 5.91 Å². The molecule has 0 aromatic heterocycles. The molecule has 12 heteroatoms. The normalized spacial score (nSPS) is 21.6. The van der Waals surface area contributed by atoms with Crippen molar-refractivity contribution in [3.05, 3.63) is 0 Å². The fourth-order valence-corrected chi connectivity index (χ4v) is 4.82. The van der Waals surface area contributed by atoms with E-state index in [1.807, 2.05) is 4.90 Å². The zero-order valence-electron chi connectivity index (χ0n) is 16.3. The van der Waals surface area contributed by atoms with E-state index in [0.717, 1.165) is 0 Å². The van der Waals surface area contributed by atoms with E-state index in [1.54, 1.807) is 18.9 Å². The van der Waals surface area contributed by atoms with E-state index in [1.165, 1.54) is 0 Å². The number of sulfone groups is 1. The highest BCUT2D eigenvalue weighted by Gasteiger charge is 2.29. The quantitative estimate of drug-likeness (QED) is 0.283. The number of halogens is 1. The van der Waals surface area contributed by atoms with Crippen LogP contribution in [0.5, 0.6) is 0 Å². The maximum Gasteiger partial charge on any atom is 0.409 e. The summed E-state index contributed by atoms with van der Waals surface area (Å²) >= 11 is 0. The molecule has 2 aliphatic heterocycles. The average Bonchev–Trinajstić information content (AvgIpc) is 2.97. The third-order valence-corrected chi connectivity index (χ3v) is 6.32. The maximum absolute atomic E-state index is 12.0. The molecule has 0 aromatic rings. The molecule has 0 spiro atoms. The van der Waals surface area contributed by atoms with Crippen LogP contribution in [-0.2, 0) is 19.4 Å². The smallest absolute Gasteiger partial charge is 0.409 e. The Morgan fingerprint density at radius 1 is 1.18 bits per heavy atom. The van der Waals surface area contributed by atoms with Crippen LogP contribution < -0.4 is 10.6 Å². The Bertz CT molecular complexity index is 664. The molecular formula is C16H30IN5O5S. The van der Waals surface area contributed by atoms with Crippen molar-refractivity contribution in [1.82, 2.24) is 20.4 Å². The van der Waals surface area contributed by atoms with Crippen LogP contribution in [0.15, 0.2) is 4.99 Å². The Hall–Kier alpha value is -1.31. The van der Waals surface area contributed by atoms with Crippen molar-refractivity contribution in [1.29, 1.82) is 0 Å². The van der Waals surface area contributed by atoms with Crippen molar-refractivity contribution in [3.8, 4) is 0 Å². The van der Waals surface area contributed by atoms with Crippen LogP contribution in [0.2, 0.25) is 0 Å². The number of carbonyl (C=O) groups excluding carboxylic acids is 2. The summed E-state index contributed by atoms with van der Waals surface area (Å²) in [4.78, 5) is 31.6. The number of piperazine rings is 1.